The second-order valence-corrected chi connectivity index (χ2v) is 8.11. The summed E-state index contributed by atoms with van der Waals surface area (Å²) in [4.78, 5) is 17.4. The molecule has 0 radical (unpaired) electrons. The van der Waals surface area contributed by atoms with E-state index in [0.29, 0.717) is 27.8 Å². The van der Waals surface area contributed by atoms with Crippen molar-refractivity contribution in [3.63, 3.8) is 0 Å². The minimum Gasteiger partial charge on any atom is -0.340 e. The van der Waals surface area contributed by atoms with Crippen LogP contribution < -0.4 is 5.32 Å². The summed E-state index contributed by atoms with van der Waals surface area (Å²) < 4.78 is 40.5. The summed E-state index contributed by atoms with van der Waals surface area (Å²) in [6, 6.07) is 11.0. The van der Waals surface area contributed by atoms with Crippen molar-refractivity contribution in [3.05, 3.63) is 71.1 Å². The van der Waals surface area contributed by atoms with E-state index < -0.39 is 11.7 Å². The number of halogens is 4. The summed E-state index contributed by atoms with van der Waals surface area (Å²) in [6.07, 6.45) is 1.51. The zero-order chi connectivity index (χ0) is 22.3. The fourth-order valence-electron chi connectivity index (χ4n) is 3.70. The molecule has 1 fully saturated rings. The number of fused-ring (bicyclic) bond motifs is 1. The highest BCUT2D eigenvalue weighted by atomic mass is 35.5. The zero-order valence-corrected chi connectivity index (χ0v) is 17.5. The van der Waals surface area contributed by atoms with Crippen molar-refractivity contribution in [1.29, 1.82) is 0 Å². The third-order valence-electron chi connectivity index (χ3n) is 5.56. The van der Waals surface area contributed by atoms with E-state index in [1.807, 2.05) is 6.07 Å². The van der Waals surface area contributed by atoms with Crippen LogP contribution in [0.3, 0.4) is 0 Å². The van der Waals surface area contributed by atoms with E-state index in [4.69, 9.17) is 11.6 Å². The maximum absolute atomic E-state index is 13.5. The molecule has 1 saturated carbocycles. The molecule has 0 aliphatic heterocycles. The van der Waals surface area contributed by atoms with Gasteiger partial charge in [-0.2, -0.15) is 13.2 Å². The first-order chi connectivity index (χ1) is 15.4. The lowest BCUT2D eigenvalue weighted by molar-refractivity contribution is -0.137. The van der Waals surface area contributed by atoms with Crippen LogP contribution >= 0.6 is 11.6 Å². The van der Waals surface area contributed by atoms with Gasteiger partial charge in [-0.3, -0.25) is 4.98 Å². The van der Waals surface area contributed by atoms with Crippen molar-refractivity contribution in [2.45, 2.75) is 31.4 Å². The van der Waals surface area contributed by atoms with E-state index >= 15 is 0 Å². The monoisotopic (exact) mass is 455 g/mol. The van der Waals surface area contributed by atoms with Gasteiger partial charge in [0.1, 0.15) is 11.5 Å². The van der Waals surface area contributed by atoms with E-state index in [1.54, 1.807) is 18.2 Å². The van der Waals surface area contributed by atoms with Crippen molar-refractivity contribution in [1.82, 2.24) is 19.9 Å². The number of nitrogens with zero attached hydrogens (tertiary/aromatic N) is 4. The average Bonchev–Trinajstić information content (AvgIpc) is 2.73. The van der Waals surface area contributed by atoms with Gasteiger partial charge in [0.2, 0.25) is 0 Å². The Kier molecular flexibility index (Phi) is 5.17. The molecule has 9 heteroatoms. The van der Waals surface area contributed by atoms with Gasteiger partial charge in [0.05, 0.1) is 22.0 Å². The van der Waals surface area contributed by atoms with E-state index in [2.05, 4.69) is 25.3 Å². The smallest absolute Gasteiger partial charge is 0.340 e. The lowest BCUT2D eigenvalue weighted by atomic mass is 9.82. The predicted molar refractivity (Wildman–Crippen MR) is 117 cm³/mol. The maximum Gasteiger partial charge on any atom is 0.418 e. The molecule has 0 unspecified atom stereocenters. The topological polar surface area (TPSA) is 63.6 Å². The van der Waals surface area contributed by atoms with Crippen molar-refractivity contribution in [2.24, 2.45) is 0 Å². The molecular formula is C23H17ClF3N5. The first-order valence-electron chi connectivity index (χ1n) is 10.1. The summed E-state index contributed by atoms with van der Waals surface area (Å²) in [5, 5.41) is 4.47. The summed E-state index contributed by atoms with van der Waals surface area (Å²) in [6.45, 7) is 0. The summed E-state index contributed by atoms with van der Waals surface area (Å²) in [7, 11) is 0. The van der Waals surface area contributed by atoms with E-state index in [0.717, 1.165) is 36.7 Å². The molecule has 0 amide bonds. The highest BCUT2D eigenvalue weighted by molar-refractivity contribution is 6.30. The minimum absolute atomic E-state index is 0.124. The number of alkyl halides is 3. The minimum atomic E-state index is -4.53. The molecule has 5 rings (SSSR count). The summed E-state index contributed by atoms with van der Waals surface area (Å²) >= 11 is 5.93. The molecule has 0 atom stereocenters. The van der Waals surface area contributed by atoms with Crippen LogP contribution in [-0.2, 0) is 6.18 Å². The first kappa shape index (κ1) is 20.6. The number of nitrogens with one attached hydrogen (secondary N) is 1. The van der Waals surface area contributed by atoms with Crippen LogP contribution in [-0.4, -0.2) is 19.9 Å². The number of anilines is 2. The largest absolute Gasteiger partial charge is 0.418 e. The van der Waals surface area contributed by atoms with E-state index in [9.17, 15) is 13.2 Å². The fourth-order valence-corrected chi connectivity index (χ4v) is 3.81. The Morgan fingerprint density at radius 2 is 1.84 bits per heavy atom. The van der Waals surface area contributed by atoms with Crippen LogP contribution in [0.1, 0.15) is 36.4 Å². The van der Waals surface area contributed by atoms with E-state index in [1.165, 1.54) is 24.5 Å². The molecule has 5 nitrogen and oxygen atoms in total. The molecule has 1 N–H and O–H groups in total. The van der Waals surface area contributed by atoms with Gasteiger partial charge >= 0.3 is 6.18 Å². The molecule has 4 aromatic heterocycles. The molecule has 162 valence electrons. The Bertz CT molecular complexity index is 1290. The molecule has 0 bridgehead atoms. The van der Waals surface area contributed by atoms with Gasteiger partial charge in [-0.05, 0) is 55.3 Å². The first-order valence-corrected chi connectivity index (χ1v) is 10.5. The molecule has 1 aliphatic carbocycles. The van der Waals surface area contributed by atoms with Crippen LogP contribution in [0.5, 0.6) is 0 Å². The van der Waals surface area contributed by atoms with Crippen LogP contribution in [0.25, 0.3) is 22.4 Å². The predicted octanol–water partition coefficient (Wildman–Crippen LogP) is 6.77. The van der Waals surface area contributed by atoms with Gasteiger partial charge in [-0.1, -0.05) is 18.0 Å². The Hall–Kier alpha value is -3.26. The van der Waals surface area contributed by atoms with Gasteiger partial charge in [0.25, 0.3) is 0 Å². The normalized spacial score (nSPS) is 14.4. The Balaban J connectivity index is 1.63. The Labute approximate surface area is 186 Å². The van der Waals surface area contributed by atoms with Crippen LogP contribution in [0.2, 0.25) is 5.02 Å². The maximum atomic E-state index is 13.5. The molecular weight excluding hydrogens is 439 g/mol. The highest BCUT2D eigenvalue weighted by Gasteiger charge is 2.34. The Morgan fingerprint density at radius 3 is 2.53 bits per heavy atom. The standard InChI is InChI=1S/C23H17ClF3N5/c24-14-6-9-20(29-12-14)30-19-11-18(13-3-1-4-13)32-22-15(19)7-8-17(31-22)21-16(23(25,26)27)5-2-10-28-21/h2,5-13H,1,3-4H2,(H,29,30,31,32). The molecule has 0 spiro atoms. The number of hydrogen-bond acceptors (Lipinski definition) is 5. The highest BCUT2D eigenvalue weighted by Crippen LogP contribution is 2.39. The molecule has 32 heavy (non-hydrogen) atoms. The fraction of sp³-hybridized carbons (Fsp3) is 0.217. The van der Waals surface area contributed by atoms with Crippen LogP contribution in [0, 0.1) is 0 Å². The van der Waals surface area contributed by atoms with E-state index in [-0.39, 0.29) is 11.4 Å². The Morgan fingerprint density at radius 1 is 1.00 bits per heavy atom. The second-order valence-electron chi connectivity index (χ2n) is 7.67. The zero-order valence-electron chi connectivity index (χ0n) is 16.7. The van der Waals surface area contributed by atoms with Gasteiger partial charge < -0.3 is 5.32 Å². The lowest BCUT2D eigenvalue weighted by Crippen LogP contribution is -2.12. The third kappa shape index (κ3) is 3.98. The van der Waals surface area contributed by atoms with Crippen LogP contribution in [0.4, 0.5) is 24.7 Å². The van der Waals surface area contributed by atoms with Crippen molar-refractivity contribution >= 4 is 34.1 Å². The average molecular weight is 456 g/mol. The number of rotatable bonds is 4. The van der Waals surface area contributed by atoms with Gasteiger partial charge in [-0.15, -0.1) is 0 Å². The van der Waals surface area contributed by atoms with Crippen molar-refractivity contribution in [3.8, 4) is 11.4 Å². The quantitative estimate of drug-likeness (QED) is 0.368. The SMILES string of the molecule is FC(F)(F)c1cccnc1-c1ccc2c(Nc3ccc(Cl)cn3)cc(C3CCC3)nc2n1. The number of hydrogen-bond donors (Lipinski definition) is 1. The molecule has 0 saturated heterocycles. The van der Waals surface area contributed by atoms with Crippen LogP contribution in [0.15, 0.2) is 54.9 Å². The van der Waals surface area contributed by atoms with Crippen molar-refractivity contribution in [2.75, 3.05) is 5.32 Å². The number of aromatic nitrogens is 4. The summed E-state index contributed by atoms with van der Waals surface area (Å²) in [5.41, 5.74) is 1.04. The second kappa shape index (κ2) is 8.02. The lowest BCUT2D eigenvalue weighted by Gasteiger charge is -2.25. The van der Waals surface area contributed by atoms with Gasteiger partial charge in [0, 0.05) is 29.4 Å². The molecule has 4 heterocycles. The number of pyridine rings is 4. The molecule has 0 aromatic carbocycles. The van der Waals surface area contributed by atoms with Gasteiger partial charge in [-0.25, -0.2) is 15.0 Å². The third-order valence-corrected chi connectivity index (χ3v) is 5.79. The molecule has 4 aromatic rings. The molecule has 1 aliphatic rings. The van der Waals surface area contributed by atoms with Crippen molar-refractivity contribution < 1.29 is 13.2 Å². The van der Waals surface area contributed by atoms with Gasteiger partial charge in [0.15, 0.2) is 5.65 Å². The summed E-state index contributed by atoms with van der Waals surface area (Å²) in [5.74, 6) is 0.902.